The molecule has 192 valence electrons. The Morgan fingerprint density at radius 1 is 1.15 bits per heavy atom. The molecule has 0 bridgehead atoms. The molecule has 7 heteroatoms. The van der Waals surface area contributed by atoms with Crippen LogP contribution in [0.2, 0.25) is 0 Å². The lowest BCUT2D eigenvalue weighted by molar-refractivity contribution is -0.150. The number of likely N-dealkylation sites (tertiary alicyclic amines) is 1. The Morgan fingerprint density at radius 2 is 1.85 bits per heavy atom. The molecule has 2 atom stereocenters. The van der Waals surface area contributed by atoms with Crippen molar-refractivity contribution in [1.29, 1.82) is 0 Å². The Hall–Kier alpha value is -1.89. The van der Waals surface area contributed by atoms with Crippen molar-refractivity contribution >= 4 is 11.8 Å². The average molecular weight is 474 g/mol. The van der Waals surface area contributed by atoms with Crippen LogP contribution in [0.5, 0.6) is 0 Å². The van der Waals surface area contributed by atoms with Crippen molar-refractivity contribution in [3.63, 3.8) is 0 Å². The maximum atomic E-state index is 13.7. The molecule has 0 radical (unpaired) electrons. The van der Waals surface area contributed by atoms with Crippen LogP contribution in [-0.2, 0) is 29.5 Å². The topological polar surface area (TPSA) is 70.5 Å². The lowest BCUT2D eigenvalue weighted by Crippen LogP contribution is -2.62. The van der Waals surface area contributed by atoms with E-state index in [2.05, 4.69) is 56.5 Å². The van der Waals surface area contributed by atoms with Gasteiger partial charge in [-0.3, -0.25) is 9.59 Å². The molecule has 0 aliphatic carbocycles. The number of piperidine rings is 1. The summed E-state index contributed by atoms with van der Waals surface area (Å²) in [6.07, 6.45) is 8.74. The summed E-state index contributed by atoms with van der Waals surface area (Å²) in [7, 11) is 2.12. The number of hydrogen-bond acceptors (Lipinski definition) is 4. The summed E-state index contributed by atoms with van der Waals surface area (Å²) in [5, 5.41) is 3.38. The monoisotopic (exact) mass is 473 g/mol. The van der Waals surface area contributed by atoms with Crippen molar-refractivity contribution in [3.8, 4) is 0 Å². The van der Waals surface area contributed by atoms with Gasteiger partial charge in [0.2, 0.25) is 11.8 Å². The molecule has 2 aliphatic heterocycles. The maximum Gasteiger partial charge on any atom is 0.245 e. The number of piperazine rings is 1. The number of imidazole rings is 1. The Kier molecular flexibility index (Phi) is 9.57. The number of carbonyl (C=O) groups is 2. The first-order chi connectivity index (χ1) is 16.2. The molecule has 2 amide bonds. The second-order valence-corrected chi connectivity index (χ2v) is 11.3. The second kappa shape index (κ2) is 12.2. The molecular formula is C27H47N5O2. The summed E-state index contributed by atoms with van der Waals surface area (Å²) in [5.74, 6) is 2.77. The van der Waals surface area contributed by atoms with Crippen molar-refractivity contribution in [3.05, 3.63) is 17.7 Å². The fourth-order valence-electron chi connectivity index (χ4n) is 5.52. The molecule has 1 aromatic rings. The van der Waals surface area contributed by atoms with Crippen molar-refractivity contribution in [2.45, 2.75) is 91.6 Å². The fraction of sp³-hybridized carbons (Fsp3) is 0.815. The Morgan fingerprint density at radius 3 is 2.47 bits per heavy atom. The molecule has 0 saturated carbocycles. The highest BCUT2D eigenvalue weighted by Crippen LogP contribution is 2.25. The van der Waals surface area contributed by atoms with E-state index in [1.54, 1.807) is 0 Å². The number of carbonyl (C=O) groups excluding carboxylic acids is 2. The van der Waals surface area contributed by atoms with Crippen molar-refractivity contribution in [1.82, 2.24) is 24.7 Å². The van der Waals surface area contributed by atoms with Crippen LogP contribution >= 0.6 is 0 Å². The van der Waals surface area contributed by atoms with E-state index in [1.807, 2.05) is 16.0 Å². The zero-order chi connectivity index (χ0) is 24.8. The first-order valence-corrected chi connectivity index (χ1v) is 13.5. The molecule has 3 heterocycles. The lowest BCUT2D eigenvalue weighted by atomic mass is 9.91. The van der Waals surface area contributed by atoms with E-state index < -0.39 is 0 Å². The molecule has 0 aromatic carbocycles. The Balaban J connectivity index is 1.62. The van der Waals surface area contributed by atoms with Crippen LogP contribution in [0.3, 0.4) is 0 Å². The van der Waals surface area contributed by atoms with E-state index in [0.29, 0.717) is 24.3 Å². The van der Waals surface area contributed by atoms with Gasteiger partial charge in [0, 0.05) is 51.5 Å². The van der Waals surface area contributed by atoms with Crippen LogP contribution in [0.4, 0.5) is 0 Å². The highest BCUT2D eigenvalue weighted by atomic mass is 16.2. The predicted octanol–water partition coefficient (Wildman–Crippen LogP) is 3.41. The van der Waals surface area contributed by atoms with Crippen LogP contribution < -0.4 is 5.32 Å². The van der Waals surface area contributed by atoms with Crippen molar-refractivity contribution < 1.29 is 9.59 Å². The molecule has 2 aliphatic rings. The van der Waals surface area contributed by atoms with Gasteiger partial charge in [0.25, 0.3) is 0 Å². The lowest BCUT2D eigenvalue weighted by Gasteiger charge is -2.42. The van der Waals surface area contributed by atoms with Crippen LogP contribution in [0.1, 0.15) is 78.2 Å². The maximum absolute atomic E-state index is 13.7. The first kappa shape index (κ1) is 26.7. The minimum absolute atomic E-state index is 0.103. The van der Waals surface area contributed by atoms with Gasteiger partial charge in [-0.05, 0) is 49.9 Å². The van der Waals surface area contributed by atoms with E-state index in [9.17, 15) is 9.59 Å². The van der Waals surface area contributed by atoms with Crippen LogP contribution in [0.15, 0.2) is 6.20 Å². The minimum Gasteiger partial charge on any atom is -0.341 e. The van der Waals surface area contributed by atoms with E-state index in [-0.39, 0.29) is 23.9 Å². The van der Waals surface area contributed by atoms with Crippen molar-refractivity contribution in [2.75, 3.05) is 26.2 Å². The summed E-state index contributed by atoms with van der Waals surface area (Å²) < 4.78 is 2.25. The second-order valence-electron chi connectivity index (χ2n) is 11.3. The number of nitrogens with zero attached hydrogens (tertiary/aromatic N) is 4. The summed E-state index contributed by atoms with van der Waals surface area (Å²) in [4.78, 5) is 35.6. The van der Waals surface area contributed by atoms with Crippen LogP contribution in [0, 0.1) is 17.8 Å². The third-order valence-electron chi connectivity index (χ3n) is 7.47. The molecule has 3 rings (SSSR count). The predicted molar refractivity (Wildman–Crippen MR) is 136 cm³/mol. The largest absolute Gasteiger partial charge is 0.341 e. The van der Waals surface area contributed by atoms with Gasteiger partial charge in [-0.15, -0.1) is 0 Å². The minimum atomic E-state index is -0.341. The number of aryl methyl sites for hydroxylation is 1. The van der Waals surface area contributed by atoms with Gasteiger partial charge in [0.1, 0.15) is 11.9 Å². The smallest absolute Gasteiger partial charge is 0.245 e. The third kappa shape index (κ3) is 6.61. The fourth-order valence-corrected chi connectivity index (χ4v) is 5.52. The number of amides is 2. The molecule has 0 spiro atoms. The number of nitrogens with one attached hydrogen (secondary N) is 1. The van der Waals surface area contributed by atoms with Gasteiger partial charge in [-0.2, -0.15) is 0 Å². The van der Waals surface area contributed by atoms with Crippen LogP contribution in [-0.4, -0.2) is 69.4 Å². The van der Waals surface area contributed by atoms with Gasteiger partial charge < -0.3 is 19.7 Å². The summed E-state index contributed by atoms with van der Waals surface area (Å²) in [6, 6.07) is -0.510. The highest BCUT2D eigenvalue weighted by Gasteiger charge is 2.39. The molecule has 2 saturated heterocycles. The molecule has 1 N–H and O–H groups in total. The van der Waals surface area contributed by atoms with Gasteiger partial charge in [0.05, 0.1) is 6.04 Å². The molecular weight excluding hydrogens is 426 g/mol. The molecule has 7 nitrogen and oxygen atoms in total. The van der Waals surface area contributed by atoms with E-state index in [1.165, 1.54) is 5.69 Å². The van der Waals surface area contributed by atoms with Gasteiger partial charge in [-0.1, -0.05) is 41.0 Å². The average Bonchev–Trinajstić information content (AvgIpc) is 3.13. The summed E-state index contributed by atoms with van der Waals surface area (Å²) in [5.41, 5.74) is 1.30. The zero-order valence-corrected chi connectivity index (χ0v) is 22.3. The van der Waals surface area contributed by atoms with Gasteiger partial charge in [0.15, 0.2) is 0 Å². The summed E-state index contributed by atoms with van der Waals surface area (Å²) >= 11 is 0. The first-order valence-electron chi connectivity index (χ1n) is 13.5. The van der Waals surface area contributed by atoms with Gasteiger partial charge in [-0.25, -0.2) is 4.98 Å². The molecule has 0 unspecified atom stereocenters. The standard InChI is InChI=1S/C27H47N5O2/c1-7-8-22-18-29-25(30(22)6)17-21-9-12-31(13-10-21)27(34)24(16-20(4)5)32-14-11-28-23(26(32)33)15-19(2)3/h18-21,23-24,28H,7-17H2,1-6H3/t23-,24-/m0/s1. The highest BCUT2D eigenvalue weighted by molar-refractivity contribution is 5.90. The SMILES string of the molecule is CCCc1cnc(CC2CCN(C(=O)[C@H](CC(C)C)N3CCN[C@@H](CC(C)C)C3=O)CC2)n1C. The van der Waals surface area contributed by atoms with Crippen molar-refractivity contribution in [2.24, 2.45) is 24.8 Å². The van der Waals surface area contributed by atoms with Gasteiger partial charge >= 0.3 is 0 Å². The third-order valence-corrected chi connectivity index (χ3v) is 7.47. The quantitative estimate of drug-likeness (QED) is 0.565. The van der Waals surface area contributed by atoms with E-state index in [0.717, 1.165) is 70.4 Å². The molecule has 1 aromatic heterocycles. The summed E-state index contributed by atoms with van der Waals surface area (Å²) in [6.45, 7) is 13.7. The number of aromatic nitrogens is 2. The Bertz CT molecular complexity index is 810. The number of rotatable bonds is 10. The normalized spacial score (nSPS) is 21.1. The molecule has 2 fully saturated rings. The zero-order valence-electron chi connectivity index (χ0n) is 22.3. The van der Waals surface area contributed by atoms with E-state index in [4.69, 9.17) is 0 Å². The number of hydrogen-bond donors (Lipinski definition) is 1. The Labute approximate surface area is 206 Å². The van der Waals surface area contributed by atoms with E-state index >= 15 is 0 Å². The van der Waals surface area contributed by atoms with Crippen LogP contribution in [0.25, 0.3) is 0 Å². The molecule has 34 heavy (non-hydrogen) atoms.